The first-order valence-electron chi connectivity index (χ1n) is 7.71. The van der Waals surface area contributed by atoms with Crippen molar-refractivity contribution in [2.45, 2.75) is 58.8 Å². The predicted octanol–water partition coefficient (Wildman–Crippen LogP) is 4.12. The van der Waals surface area contributed by atoms with E-state index in [4.69, 9.17) is 4.74 Å². The fraction of sp³-hybridized carbons (Fsp3) is 0.722. The summed E-state index contributed by atoms with van der Waals surface area (Å²) < 4.78 is 9.66. The first kappa shape index (κ1) is 19.7. The molecule has 0 rings (SSSR count). The van der Waals surface area contributed by atoms with Gasteiger partial charge < -0.3 is 9.47 Å². The SMILES string of the molecule is COCCCC(C)(C)CC=CC#CCCCCC(=O)OC. The van der Waals surface area contributed by atoms with E-state index in [-0.39, 0.29) is 5.97 Å². The summed E-state index contributed by atoms with van der Waals surface area (Å²) in [6.07, 6.45) is 10.5. The van der Waals surface area contributed by atoms with Crippen LogP contribution in [0, 0.1) is 17.3 Å². The van der Waals surface area contributed by atoms with Crippen molar-refractivity contribution in [2.24, 2.45) is 5.41 Å². The van der Waals surface area contributed by atoms with Crippen LogP contribution < -0.4 is 0 Å². The van der Waals surface area contributed by atoms with Crippen molar-refractivity contribution >= 4 is 5.97 Å². The topological polar surface area (TPSA) is 35.5 Å². The van der Waals surface area contributed by atoms with Crippen LogP contribution in [0.1, 0.15) is 58.8 Å². The molecule has 120 valence electrons. The maximum atomic E-state index is 10.9. The van der Waals surface area contributed by atoms with Crippen molar-refractivity contribution in [1.29, 1.82) is 0 Å². The van der Waals surface area contributed by atoms with E-state index in [1.807, 2.05) is 6.08 Å². The lowest BCUT2D eigenvalue weighted by Gasteiger charge is -2.22. The summed E-state index contributed by atoms with van der Waals surface area (Å²) >= 11 is 0. The molecular weight excluding hydrogens is 264 g/mol. The van der Waals surface area contributed by atoms with E-state index in [0.717, 1.165) is 45.1 Å². The molecule has 3 heteroatoms. The molecule has 0 bridgehead atoms. The van der Waals surface area contributed by atoms with Crippen LogP contribution >= 0.6 is 0 Å². The fourth-order valence-corrected chi connectivity index (χ4v) is 1.95. The molecule has 0 saturated heterocycles. The molecule has 0 saturated carbocycles. The molecule has 0 aliphatic rings. The Hall–Kier alpha value is -1.27. The predicted molar refractivity (Wildman–Crippen MR) is 86.9 cm³/mol. The zero-order valence-electron chi connectivity index (χ0n) is 14.0. The molecule has 0 amide bonds. The number of rotatable bonds is 10. The average molecular weight is 294 g/mol. The monoisotopic (exact) mass is 294 g/mol. The number of ether oxygens (including phenoxy) is 2. The number of allylic oxidation sites excluding steroid dienone is 2. The number of carbonyl (C=O) groups excluding carboxylic acids is 1. The van der Waals surface area contributed by atoms with Gasteiger partial charge in [-0.1, -0.05) is 31.8 Å². The number of esters is 1. The van der Waals surface area contributed by atoms with Crippen molar-refractivity contribution < 1.29 is 14.3 Å². The van der Waals surface area contributed by atoms with E-state index in [2.05, 4.69) is 36.5 Å². The van der Waals surface area contributed by atoms with Gasteiger partial charge in [0.2, 0.25) is 0 Å². The average Bonchev–Trinajstić information content (AvgIpc) is 2.45. The van der Waals surface area contributed by atoms with Gasteiger partial charge in [-0.2, -0.15) is 0 Å². The molecule has 0 aromatic heterocycles. The highest BCUT2D eigenvalue weighted by Crippen LogP contribution is 2.26. The van der Waals surface area contributed by atoms with Crippen molar-refractivity contribution in [3.63, 3.8) is 0 Å². The third kappa shape index (κ3) is 13.5. The number of carbonyl (C=O) groups is 1. The van der Waals surface area contributed by atoms with E-state index in [0.29, 0.717) is 11.8 Å². The third-order valence-electron chi connectivity index (χ3n) is 3.34. The Morgan fingerprint density at radius 3 is 2.62 bits per heavy atom. The Labute approximate surface area is 130 Å². The van der Waals surface area contributed by atoms with Crippen LogP contribution in [-0.2, 0) is 14.3 Å². The molecule has 0 aliphatic heterocycles. The van der Waals surface area contributed by atoms with Crippen LogP contribution in [0.2, 0.25) is 0 Å². The van der Waals surface area contributed by atoms with Gasteiger partial charge in [0.05, 0.1) is 7.11 Å². The highest BCUT2D eigenvalue weighted by molar-refractivity contribution is 5.68. The summed E-state index contributed by atoms with van der Waals surface area (Å²) in [5.41, 5.74) is 0.303. The number of hydrogen-bond acceptors (Lipinski definition) is 3. The standard InChI is InChI=1S/C18H30O3/c1-18(2,15-12-16-20-3)14-11-9-7-5-6-8-10-13-17(19)21-4/h9,11H,6,8,10,12-16H2,1-4H3. The van der Waals surface area contributed by atoms with Crippen LogP contribution in [0.25, 0.3) is 0 Å². The quantitative estimate of drug-likeness (QED) is 0.345. The smallest absolute Gasteiger partial charge is 0.305 e. The third-order valence-corrected chi connectivity index (χ3v) is 3.34. The summed E-state index contributed by atoms with van der Waals surface area (Å²) in [7, 11) is 3.16. The molecule has 0 aliphatic carbocycles. The van der Waals surface area contributed by atoms with Crippen LogP contribution in [0.4, 0.5) is 0 Å². The van der Waals surface area contributed by atoms with Crippen molar-refractivity contribution in [1.82, 2.24) is 0 Å². The molecule has 0 spiro atoms. The molecule has 3 nitrogen and oxygen atoms in total. The van der Waals surface area contributed by atoms with E-state index < -0.39 is 0 Å². The van der Waals surface area contributed by atoms with Gasteiger partial charge in [0.1, 0.15) is 0 Å². The summed E-state index contributed by atoms with van der Waals surface area (Å²) in [5, 5.41) is 0. The molecule has 0 unspecified atom stereocenters. The largest absolute Gasteiger partial charge is 0.469 e. The highest BCUT2D eigenvalue weighted by Gasteiger charge is 2.14. The zero-order chi connectivity index (χ0) is 16.0. The van der Waals surface area contributed by atoms with Crippen LogP contribution in [0.5, 0.6) is 0 Å². The molecule has 0 fully saturated rings. The summed E-state index contributed by atoms with van der Waals surface area (Å²) in [6.45, 7) is 5.37. The Morgan fingerprint density at radius 2 is 1.95 bits per heavy atom. The zero-order valence-corrected chi connectivity index (χ0v) is 14.0. The number of unbranched alkanes of at least 4 members (excludes halogenated alkanes) is 2. The van der Waals surface area contributed by atoms with Crippen LogP contribution in [0.3, 0.4) is 0 Å². The fourth-order valence-electron chi connectivity index (χ4n) is 1.95. The minimum atomic E-state index is -0.140. The lowest BCUT2D eigenvalue weighted by Crippen LogP contribution is -2.10. The van der Waals surface area contributed by atoms with Crippen molar-refractivity contribution in [3.8, 4) is 11.8 Å². The highest BCUT2D eigenvalue weighted by atomic mass is 16.5. The second-order valence-corrected chi connectivity index (χ2v) is 5.97. The van der Waals surface area contributed by atoms with Gasteiger partial charge in [0.15, 0.2) is 0 Å². The molecule has 0 aromatic carbocycles. The normalized spacial score (nSPS) is 11.2. The first-order chi connectivity index (χ1) is 10.0. The number of methoxy groups -OCH3 is 2. The van der Waals surface area contributed by atoms with Gasteiger partial charge in [-0.25, -0.2) is 0 Å². The first-order valence-corrected chi connectivity index (χ1v) is 7.71. The van der Waals surface area contributed by atoms with Gasteiger partial charge in [-0.05, 0) is 43.6 Å². The molecular formula is C18H30O3. The molecule has 0 aromatic rings. The molecule has 0 heterocycles. The Kier molecular flexibility index (Phi) is 11.7. The molecule has 0 radical (unpaired) electrons. The van der Waals surface area contributed by atoms with Crippen LogP contribution in [0.15, 0.2) is 12.2 Å². The summed E-state index contributed by atoms with van der Waals surface area (Å²) in [4.78, 5) is 10.9. The van der Waals surface area contributed by atoms with Gasteiger partial charge >= 0.3 is 5.97 Å². The maximum absolute atomic E-state index is 10.9. The van der Waals surface area contributed by atoms with Crippen molar-refractivity contribution in [3.05, 3.63) is 12.2 Å². The molecule has 0 N–H and O–H groups in total. The van der Waals surface area contributed by atoms with E-state index in [9.17, 15) is 4.79 Å². The number of hydrogen-bond donors (Lipinski definition) is 0. The minimum Gasteiger partial charge on any atom is -0.469 e. The van der Waals surface area contributed by atoms with Gasteiger partial charge in [-0.15, -0.1) is 0 Å². The Balaban J connectivity index is 3.71. The second kappa shape index (κ2) is 12.5. The van der Waals surface area contributed by atoms with Gasteiger partial charge in [-0.3, -0.25) is 4.79 Å². The Bertz CT molecular complexity index is 358. The van der Waals surface area contributed by atoms with E-state index in [1.165, 1.54) is 7.11 Å². The summed E-state index contributed by atoms with van der Waals surface area (Å²) in [5.74, 6) is 6.02. The van der Waals surface area contributed by atoms with E-state index in [1.54, 1.807) is 7.11 Å². The molecule has 0 atom stereocenters. The van der Waals surface area contributed by atoms with Gasteiger partial charge in [0, 0.05) is 26.6 Å². The summed E-state index contributed by atoms with van der Waals surface area (Å²) in [6, 6.07) is 0. The Morgan fingerprint density at radius 1 is 1.19 bits per heavy atom. The van der Waals surface area contributed by atoms with Gasteiger partial charge in [0.25, 0.3) is 0 Å². The minimum absolute atomic E-state index is 0.140. The molecule has 21 heavy (non-hydrogen) atoms. The van der Waals surface area contributed by atoms with Crippen molar-refractivity contribution in [2.75, 3.05) is 20.8 Å². The van der Waals surface area contributed by atoms with E-state index >= 15 is 0 Å². The lowest BCUT2D eigenvalue weighted by atomic mass is 9.84. The second-order valence-electron chi connectivity index (χ2n) is 5.97. The van der Waals surface area contributed by atoms with Crippen LogP contribution in [-0.4, -0.2) is 26.8 Å². The lowest BCUT2D eigenvalue weighted by molar-refractivity contribution is -0.140. The maximum Gasteiger partial charge on any atom is 0.305 e.